The van der Waals surface area contributed by atoms with Crippen LogP contribution in [0.1, 0.15) is 11.1 Å². The van der Waals surface area contributed by atoms with Crippen LogP contribution in [0.25, 0.3) is 0 Å². The summed E-state index contributed by atoms with van der Waals surface area (Å²) in [5.74, 6) is -0.527. The molecule has 1 aliphatic heterocycles. The number of benzene rings is 2. The van der Waals surface area contributed by atoms with E-state index in [1.165, 1.54) is 12.1 Å². The van der Waals surface area contributed by atoms with E-state index in [4.69, 9.17) is 11.6 Å². The van der Waals surface area contributed by atoms with Crippen LogP contribution in [0.2, 0.25) is 5.02 Å². The summed E-state index contributed by atoms with van der Waals surface area (Å²) in [6.45, 7) is 1.85. The number of nitriles is 1. The molecule has 2 aromatic rings. The van der Waals surface area contributed by atoms with Gasteiger partial charge in [0.05, 0.1) is 22.8 Å². The third-order valence-corrected chi connectivity index (χ3v) is 4.31. The minimum absolute atomic E-state index is 0.0709. The van der Waals surface area contributed by atoms with E-state index < -0.39 is 5.82 Å². The third kappa shape index (κ3) is 3.40. The molecule has 0 radical (unpaired) electrons. The van der Waals surface area contributed by atoms with Gasteiger partial charge in [0, 0.05) is 19.6 Å². The second-order valence-electron chi connectivity index (χ2n) is 5.63. The molecule has 1 fully saturated rings. The summed E-state index contributed by atoms with van der Waals surface area (Å²) >= 11 is 5.69. The standard InChI is InChI=1S/C18H15ClFN3O/c19-15-6-5-13(9-16(15)20)11-22-7-8-23(18(24)12-22)17-4-2-1-3-14(17)10-21/h1-6,9H,7-8,11-12H2. The van der Waals surface area contributed by atoms with Crippen LogP contribution < -0.4 is 4.90 Å². The van der Waals surface area contributed by atoms with E-state index in [0.717, 1.165) is 5.56 Å². The molecule has 0 aliphatic carbocycles. The highest BCUT2D eigenvalue weighted by atomic mass is 35.5. The van der Waals surface area contributed by atoms with E-state index in [1.807, 2.05) is 11.0 Å². The number of halogens is 2. The summed E-state index contributed by atoms with van der Waals surface area (Å²) in [6, 6.07) is 13.9. The Balaban J connectivity index is 1.70. The number of rotatable bonds is 3. The molecule has 0 atom stereocenters. The molecule has 1 saturated heterocycles. The third-order valence-electron chi connectivity index (χ3n) is 4.01. The lowest BCUT2D eigenvalue weighted by atomic mass is 10.1. The van der Waals surface area contributed by atoms with Crippen molar-refractivity contribution in [2.24, 2.45) is 0 Å². The molecular weight excluding hydrogens is 329 g/mol. The van der Waals surface area contributed by atoms with Gasteiger partial charge in [-0.25, -0.2) is 4.39 Å². The SMILES string of the molecule is N#Cc1ccccc1N1CCN(Cc2ccc(Cl)c(F)c2)CC1=O. The number of amides is 1. The van der Waals surface area contributed by atoms with Crippen LogP contribution in [0.3, 0.4) is 0 Å². The highest BCUT2D eigenvalue weighted by Gasteiger charge is 2.26. The zero-order valence-corrected chi connectivity index (χ0v) is 13.6. The quantitative estimate of drug-likeness (QED) is 0.859. The number of anilines is 1. The minimum Gasteiger partial charge on any atom is -0.309 e. The van der Waals surface area contributed by atoms with Gasteiger partial charge in [0.15, 0.2) is 0 Å². The van der Waals surface area contributed by atoms with Crippen molar-refractivity contribution in [3.05, 3.63) is 64.4 Å². The smallest absolute Gasteiger partial charge is 0.241 e. The summed E-state index contributed by atoms with van der Waals surface area (Å²) < 4.78 is 13.5. The van der Waals surface area contributed by atoms with E-state index in [-0.39, 0.29) is 17.5 Å². The molecule has 4 nitrogen and oxygen atoms in total. The average Bonchev–Trinajstić information content (AvgIpc) is 2.58. The number of piperazine rings is 1. The molecule has 0 N–H and O–H groups in total. The van der Waals surface area contributed by atoms with Gasteiger partial charge in [-0.15, -0.1) is 0 Å². The fourth-order valence-corrected chi connectivity index (χ4v) is 2.93. The summed E-state index contributed by atoms with van der Waals surface area (Å²) in [4.78, 5) is 16.1. The number of carbonyl (C=O) groups excluding carboxylic acids is 1. The Morgan fingerprint density at radius 3 is 2.71 bits per heavy atom. The fourth-order valence-electron chi connectivity index (χ4n) is 2.81. The Morgan fingerprint density at radius 2 is 2.00 bits per heavy atom. The highest BCUT2D eigenvalue weighted by Crippen LogP contribution is 2.23. The van der Waals surface area contributed by atoms with Crippen LogP contribution in [0.4, 0.5) is 10.1 Å². The molecule has 1 aliphatic rings. The molecule has 1 amide bonds. The normalized spacial score (nSPS) is 15.4. The molecule has 0 unspecified atom stereocenters. The lowest BCUT2D eigenvalue weighted by molar-refractivity contribution is -0.121. The van der Waals surface area contributed by atoms with Crippen LogP contribution in [-0.4, -0.2) is 30.4 Å². The predicted molar refractivity (Wildman–Crippen MR) is 90.2 cm³/mol. The Hall–Kier alpha value is -2.42. The number of nitrogens with zero attached hydrogens (tertiary/aromatic N) is 3. The summed E-state index contributed by atoms with van der Waals surface area (Å²) in [5, 5.41) is 9.28. The average molecular weight is 344 g/mol. The van der Waals surface area contributed by atoms with Crippen LogP contribution in [0, 0.1) is 17.1 Å². The topological polar surface area (TPSA) is 47.3 Å². The minimum atomic E-state index is -0.456. The van der Waals surface area contributed by atoms with Crippen LogP contribution >= 0.6 is 11.6 Å². The second-order valence-corrected chi connectivity index (χ2v) is 6.04. The number of carbonyl (C=O) groups is 1. The molecule has 122 valence electrons. The lowest BCUT2D eigenvalue weighted by Crippen LogP contribution is -2.50. The molecule has 3 rings (SSSR count). The maximum atomic E-state index is 13.5. The van der Waals surface area contributed by atoms with Gasteiger partial charge in [-0.2, -0.15) is 5.26 Å². The largest absolute Gasteiger partial charge is 0.309 e. The highest BCUT2D eigenvalue weighted by molar-refractivity contribution is 6.30. The number of hydrogen-bond acceptors (Lipinski definition) is 3. The number of para-hydroxylation sites is 1. The van der Waals surface area contributed by atoms with E-state index in [1.54, 1.807) is 29.2 Å². The van der Waals surface area contributed by atoms with E-state index in [0.29, 0.717) is 30.9 Å². The Kier molecular flexibility index (Phi) is 4.79. The van der Waals surface area contributed by atoms with Crippen molar-refractivity contribution in [1.29, 1.82) is 5.26 Å². The molecule has 1 heterocycles. The zero-order chi connectivity index (χ0) is 17.1. The van der Waals surface area contributed by atoms with Gasteiger partial charge < -0.3 is 4.90 Å². The molecule has 24 heavy (non-hydrogen) atoms. The first-order chi connectivity index (χ1) is 11.6. The van der Waals surface area contributed by atoms with Crippen molar-refractivity contribution in [3.63, 3.8) is 0 Å². The van der Waals surface area contributed by atoms with E-state index >= 15 is 0 Å². The Morgan fingerprint density at radius 1 is 1.21 bits per heavy atom. The predicted octanol–water partition coefficient (Wildman–Crippen LogP) is 3.20. The summed E-state index contributed by atoms with van der Waals surface area (Å²) in [5.41, 5.74) is 1.90. The van der Waals surface area contributed by atoms with Gasteiger partial charge >= 0.3 is 0 Å². The van der Waals surface area contributed by atoms with Crippen molar-refractivity contribution in [3.8, 4) is 6.07 Å². The van der Waals surface area contributed by atoms with Gasteiger partial charge in [0.1, 0.15) is 11.9 Å². The van der Waals surface area contributed by atoms with E-state index in [2.05, 4.69) is 6.07 Å². The van der Waals surface area contributed by atoms with Crippen molar-refractivity contribution in [2.45, 2.75) is 6.54 Å². The maximum absolute atomic E-state index is 13.5. The second kappa shape index (κ2) is 7.00. The maximum Gasteiger partial charge on any atom is 0.241 e. The first kappa shape index (κ1) is 16.4. The van der Waals surface area contributed by atoms with Crippen LogP contribution in [0.15, 0.2) is 42.5 Å². The molecule has 2 aromatic carbocycles. The molecule has 0 saturated carbocycles. The van der Waals surface area contributed by atoms with Crippen LogP contribution in [0.5, 0.6) is 0 Å². The van der Waals surface area contributed by atoms with Gasteiger partial charge in [0.25, 0.3) is 0 Å². The van der Waals surface area contributed by atoms with Crippen LogP contribution in [-0.2, 0) is 11.3 Å². The fraction of sp³-hybridized carbons (Fsp3) is 0.222. The van der Waals surface area contributed by atoms with Gasteiger partial charge in [-0.3, -0.25) is 9.69 Å². The Bertz CT molecular complexity index is 818. The molecule has 0 spiro atoms. The van der Waals surface area contributed by atoms with Crippen molar-refractivity contribution < 1.29 is 9.18 Å². The monoisotopic (exact) mass is 343 g/mol. The van der Waals surface area contributed by atoms with Crippen molar-refractivity contribution in [1.82, 2.24) is 4.90 Å². The summed E-state index contributed by atoms with van der Waals surface area (Å²) in [6.07, 6.45) is 0. The van der Waals surface area contributed by atoms with Gasteiger partial charge in [0.2, 0.25) is 5.91 Å². The molecule has 0 aromatic heterocycles. The number of hydrogen-bond donors (Lipinski definition) is 0. The van der Waals surface area contributed by atoms with Gasteiger partial charge in [-0.05, 0) is 29.8 Å². The Labute approximate surface area is 144 Å². The molecule has 6 heteroatoms. The zero-order valence-electron chi connectivity index (χ0n) is 12.9. The van der Waals surface area contributed by atoms with Crippen molar-refractivity contribution >= 4 is 23.2 Å². The first-order valence-electron chi connectivity index (χ1n) is 7.54. The first-order valence-corrected chi connectivity index (χ1v) is 7.92. The molecular formula is C18H15ClFN3O. The molecule has 0 bridgehead atoms. The summed E-state index contributed by atoms with van der Waals surface area (Å²) in [7, 11) is 0. The van der Waals surface area contributed by atoms with Gasteiger partial charge in [-0.1, -0.05) is 29.8 Å². The van der Waals surface area contributed by atoms with Crippen molar-refractivity contribution in [2.75, 3.05) is 24.5 Å². The lowest BCUT2D eigenvalue weighted by Gasteiger charge is -2.34. The van der Waals surface area contributed by atoms with E-state index in [9.17, 15) is 14.4 Å².